The average Bonchev–Trinajstić information content (AvgIpc) is 3.65. The Balaban J connectivity index is 1.03. The van der Waals surface area contributed by atoms with Crippen molar-refractivity contribution in [2.75, 3.05) is 0 Å². The summed E-state index contributed by atoms with van der Waals surface area (Å²) in [6.45, 7) is 11.7. The van der Waals surface area contributed by atoms with E-state index in [9.17, 15) is 29.4 Å². The maximum Gasteiger partial charge on any atom is 0.266 e. The van der Waals surface area contributed by atoms with Crippen LogP contribution < -0.4 is 22.2 Å². The number of fused-ring (bicyclic) bond motifs is 8. The number of phenolic OH excluding ortho intramolecular Hbond substituents is 2. The summed E-state index contributed by atoms with van der Waals surface area (Å²) in [5.74, 6) is -0.0424. The Morgan fingerprint density at radius 3 is 1.02 bits per heavy atom. The summed E-state index contributed by atoms with van der Waals surface area (Å²) in [7, 11) is 0. The highest BCUT2D eigenvalue weighted by molar-refractivity contribution is 6.04. The first-order valence-electron chi connectivity index (χ1n) is 21.6. The van der Waals surface area contributed by atoms with Crippen LogP contribution in [0.5, 0.6) is 11.5 Å². The van der Waals surface area contributed by atoms with Crippen molar-refractivity contribution in [3.05, 3.63) is 161 Å². The van der Waals surface area contributed by atoms with Crippen LogP contribution in [0.2, 0.25) is 0 Å². The van der Waals surface area contributed by atoms with Crippen LogP contribution in [0.15, 0.2) is 122 Å². The van der Waals surface area contributed by atoms with Gasteiger partial charge >= 0.3 is 0 Å². The lowest BCUT2D eigenvalue weighted by molar-refractivity contribution is 0.472. The second-order valence-electron chi connectivity index (χ2n) is 17.9. The molecule has 0 aliphatic heterocycles. The molecule has 0 bridgehead atoms. The Kier molecular flexibility index (Phi) is 8.67. The van der Waals surface area contributed by atoms with Gasteiger partial charge in [-0.05, 0) is 135 Å². The first kappa shape index (κ1) is 39.7. The third-order valence-corrected chi connectivity index (χ3v) is 12.7. The molecule has 12 nitrogen and oxygen atoms in total. The minimum Gasteiger partial charge on any atom is -0.508 e. The molecule has 11 rings (SSSR count). The van der Waals surface area contributed by atoms with E-state index in [0.29, 0.717) is 72.2 Å². The molecule has 0 atom stereocenters. The van der Waals surface area contributed by atoms with E-state index in [0.717, 1.165) is 21.5 Å². The Morgan fingerprint density at radius 1 is 0.369 bits per heavy atom. The molecule has 0 amide bonds. The zero-order valence-corrected chi connectivity index (χ0v) is 36.3. The van der Waals surface area contributed by atoms with Crippen LogP contribution in [0.4, 0.5) is 0 Å². The molecular weight excluding hydrogens is 817 g/mol. The van der Waals surface area contributed by atoms with Crippen molar-refractivity contribution in [1.29, 1.82) is 0 Å². The maximum absolute atomic E-state index is 14.2. The molecule has 65 heavy (non-hydrogen) atoms. The van der Waals surface area contributed by atoms with Gasteiger partial charge in [0.15, 0.2) is 0 Å². The van der Waals surface area contributed by atoms with Crippen LogP contribution in [0.3, 0.4) is 0 Å². The van der Waals surface area contributed by atoms with Crippen molar-refractivity contribution in [1.82, 2.24) is 29.1 Å². The monoisotopic (exact) mass is 856 g/mol. The molecule has 4 aromatic heterocycles. The number of benzene rings is 6. The van der Waals surface area contributed by atoms with Crippen molar-refractivity contribution < 1.29 is 10.2 Å². The number of phenols is 2. The van der Waals surface area contributed by atoms with Crippen LogP contribution >= 0.6 is 0 Å². The van der Waals surface area contributed by atoms with E-state index in [-0.39, 0.29) is 50.8 Å². The van der Waals surface area contributed by atoms with Crippen LogP contribution in [0, 0.1) is 0 Å². The summed E-state index contributed by atoms with van der Waals surface area (Å²) in [5, 5.41) is 25.3. The fraction of sp³-hybridized carbons (Fsp3) is 0.170. The maximum atomic E-state index is 14.2. The van der Waals surface area contributed by atoms with Crippen LogP contribution in [0.25, 0.3) is 98.6 Å². The van der Waals surface area contributed by atoms with Gasteiger partial charge in [0.05, 0.1) is 77.1 Å². The van der Waals surface area contributed by atoms with Gasteiger partial charge in [-0.1, -0.05) is 65.8 Å². The van der Waals surface area contributed by atoms with Crippen LogP contribution in [-0.4, -0.2) is 39.3 Å². The van der Waals surface area contributed by atoms with Gasteiger partial charge in [0, 0.05) is 0 Å². The quantitative estimate of drug-likeness (QED) is 0.159. The van der Waals surface area contributed by atoms with Crippen molar-refractivity contribution in [2.24, 2.45) is 0 Å². The molecule has 12 heteroatoms. The summed E-state index contributed by atoms with van der Waals surface area (Å²) in [6, 6.07) is 30.3. The molecule has 0 aliphatic carbocycles. The summed E-state index contributed by atoms with van der Waals surface area (Å²) in [6.07, 6.45) is 0. The topological polar surface area (TPSA) is 170 Å². The standard InChI is InChI=1S/C53H40N6O6/c1-24(2)33-17-31(60)11-12-48(33)58-50(62)36-20-44-45(21-37(36)51(58)63)55-41-14-28-8-10-30-16-43-42(15-29(30)9-7-27(28)13-40(41)54-44)56-46-22-38-39(23-47(46)57-43)53(65)59(52(38)64)49-34(25(3)4)18-32(61)19-35(49)26(5)6/h7-26,60-61H,1-6H3. The molecule has 0 unspecified atom stereocenters. The third-order valence-electron chi connectivity index (χ3n) is 12.7. The van der Waals surface area contributed by atoms with E-state index in [2.05, 4.69) is 0 Å². The van der Waals surface area contributed by atoms with Gasteiger partial charge in [-0.15, -0.1) is 0 Å². The fourth-order valence-electron chi connectivity index (χ4n) is 9.35. The van der Waals surface area contributed by atoms with Crippen molar-refractivity contribution >= 4 is 87.2 Å². The lowest BCUT2D eigenvalue weighted by atomic mass is 9.92. The van der Waals surface area contributed by atoms with Crippen molar-refractivity contribution in [3.63, 3.8) is 0 Å². The second-order valence-corrected chi connectivity index (χ2v) is 17.9. The number of nitrogens with zero attached hydrogens (tertiary/aromatic N) is 6. The van der Waals surface area contributed by atoms with E-state index in [1.165, 1.54) is 15.2 Å². The normalized spacial score (nSPS) is 12.3. The molecule has 2 N–H and O–H groups in total. The van der Waals surface area contributed by atoms with Gasteiger partial charge in [0.1, 0.15) is 11.5 Å². The summed E-state index contributed by atoms with van der Waals surface area (Å²) in [4.78, 5) is 75.7. The Labute approximate surface area is 368 Å². The average molecular weight is 857 g/mol. The van der Waals surface area contributed by atoms with E-state index in [4.69, 9.17) is 19.9 Å². The van der Waals surface area contributed by atoms with Crippen molar-refractivity contribution in [3.8, 4) is 22.9 Å². The predicted molar refractivity (Wildman–Crippen MR) is 258 cm³/mol. The molecule has 318 valence electrons. The largest absolute Gasteiger partial charge is 0.508 e. The van der Waals surface area contributed by atoms with E-state index in [1.54, 1.807) is 48.5 Å². The summed E-state index contributed by atoms with van der Waals surface area (Å²) >= 11 is 0. The molecule has 0 saturated carbocycles. The van der Waals surface area contributed by atoms with Crippen molar-refractivity contribution in [2.45, 2.75) is 59.3 Å². The number of aromatic nitrogens is 6. The number of hydrogen-bond acceptors (Lipinski definition) is 10. The molecule has 0 saturated heterocycles. The molecule has 0 fully saturated rings. The molecule has 0 spiro atoms. The van der Waals surface area contributed by atoms with Gasteiger partial charge in [-0.3, -0.25) is 19.2 Å². The predicted octanol–water partition coefficient (Wildman–Crippen LogP) is 9.73. The number of rotatable bonds is 5. The van der Waals surface area contributed by atoms with Gasteiger partial charge in [0.2, 0.25) is 0 Å². The highest BCUT2D eigenvalue weighted by atomic mass is 16.3. The molecular formula is C53H40N6O6. The highest BCUT2D eigenvalue weighted by Gasteiger charge is 2.25. The minimum atomic E-state index is -0.457. The van der Waals surface area contributed by atoms with Crippen LogP contribution in [0.1, 0.15) is 76.0 Å². The summed E-state index contributed by atoms with van der Waals surface area (Å²) in [5.41, 5.74) is 5.64. The zero-order valence-electron chi connectivity index (χ0n) is 36.3. The van der Waals surface area contributed by atoms with Gasteiger partial charge in [-0.25, -0.2) is 29.1 Å². The molecule has 0 aliphatic rings. The Bertz CT molecular complexity index is 3950. The summed E-state index contributed by atoms with van der Waals surface area (Å²) < 4.78 is 2.41. The van der Waals surface area contributed by atoms with Gasteiger partial charge in [-0.2, -0.15) is 0 Å². The number of hydrogen-bond donors (Lipinski definition) is 2. The lowest BCUT2D eigenvalue weighted by Gasteiger charge is -2.20. The number of aromatic hydroxyl groups is 2. The first-order valence-corrected chi connectivity index (χ1v) is 21.6. The zero-order chi connectivity index (χ0) is 45.3. The second kappa shape index (κ2) is 14.2. The van der Waals surface area contributed by atoms with E-state index >= 15 is 0 Å². The van der Waals surface area contributed by atoms with Gasteiger partial charge in [0.25, 0.3) is 22.2 Å². The van der Waals surface area contributed by atoms with Gasteiger partial charge < -0.3 is 10.2 Å². The molecule has 11 aromatic rings. The van der Waals surface area contributed by atoms with E-state index < -0.39 is 22.2 Å². The molecule has 4 heterocycles. The smallest absolute Gasteiger partial charge is 0.266 e. The van der Waals surface area contributed by atoms with Crippen LogP contribution in [-0.2, 0) is 0 Å². The Hall–Kier alpha value is -8.12. The third kappa shape index (κ3) is 6.11. The highest BCUT2D eigenvalue weighted by Crippen LogP contribution is 2.35. The first-order chi connectivity index (χ1) is 31.1. The minimum absolute atomic E-state index is 0.0529. The lowest BCUT2D eigenvalue weighted by Crippen LogP contribution is -2.26. The van der Waals surface area contributed by atoms with E-state index in [1.807, 2.05) is 90.1 Å². The fourth-order valence-corrected chi connectivity index (χ4v) is 9.35. The molecule has 0 radical (unpaired) electrons. The Morgan fingerprint density at radius 2 is 0.677 bits per heavy atom. The molecule has 7 aromatic carbocycles. The SMILES string of the molecule is CC(C)c1cc(O)ccc1-n1c(=O)c2cc3nc4cc5ccc6cc7nc8cc9c(=O)n(-c%10c(C(C)C)cc(O)cc%10C(C)C)c(=O)c9cc8nc7cc6ccc5cc4nc3cc2c1=O.